The van der Waals surface area contributed by atoms with Crippen molar-refractivity contribution in [3.05, 3.63) is 48.0 Å². The van der Waals surface area contributed by atoms with Gasteiger partial charge in [-0.05, 0) is 43.3 Å². The first-order chi connectivity index (χ1) is 15.5. The molecule has 0 radical (unpaired) electrons. The summed E-state index contributed by atoms with van der Waals surface area (Å²) in [6.07, 6.45) is 5.63. The van der Waals surface area contributed by atoms with Crippen LogP contribution in [0.25, 0.3) is 11.3 Å². The van der Waals surface area contributed by atoms with E-state index in [1.165, 1.54) is 25.7 Å². The Kier molecular flexibility index (Phi) is 11.1. The molecule has 0 saturated carbocycles. The van der Waals surface area contributed by atoms with Gasteiger partial charge in [0.1, 0.15) is 5.82 Å². The minimum atomic E-state index is -0.945. The van der Waals surface area contributed by atoms with Gasteiger partial charge in [-0.2, -0.15) is 0 Å². The van der Waals surface area contributed by atoms with Crippen LogP contribution in [0, 0.1) is 0 Å². The van der Waals surface area contributed by atoms with Gasteiger partial charge < -0.3 is 20.1 Å². The van der Waals surface area contributed by atoms with Crippen LogP contribution in [0.4, 0.5) is 5.82 Å². The van der Waals surface area contributed by atoms with Crippen molar-refractivity contribution in [1.29, 1.82) is 0 Å². The summed E-state index contributed by atoms with van der Waals surface area (Å²) < 4.78 is 5.30. The van der Waals surface area contributed by atoms with E-state index in [9.17, 15) is 9.90 Å². The number of rotatable bonds is 13. The molecule has 1 heterocycles. The predicted octanol–water partition coefficient (Wildman–Crippen LogP) is 5.06. The number of benzene rings is 1. The number of aromatic nitrogens is 1. The number of hydrogen-bond acceptors (Lipinski definition) is 4. The predicted molar refractivity (Wildman–Crippen MR) is 134 cm³/mol. The van der Waals surface area contributed by atoms with Crippen molar-refractivity contribution >= 4 is 29.1 Å². The SMILES string of the molecule is CCCCCCCNC(=S)N(C)c1cccc(-c2ccc(CC(OCC)C(=O)O)cc2)n1. The van der Waals surface area contributed by atoms with E-state index < -0.39 is 12.1 Å². The molecule has 0 saturated heterocycles. The summed E-state index contributed by atoms with van der Waals surface area (Å²) in [6, 6.07) is 13.6. The highest BCUT2D eigenvalue weighted by atomic mass is 32.1. The molecule has 174 valence electrons. The number of hydrogen-bond donors (Lipinski definition) is 2. The van der Waals surface area contributed by atoms with Crippen molar-refractivity contribution in [2.45, 2.75) is 58.5 Å². The van der Waals surface area contributed by atoms with Crippen LogP contribution in [-0.2, 0) is 16.0 Å². The van der Waals surface area contributed by atoms with E-state index in [0.29, 0.717) is 18.1 Å². The number of ether oxygens (including phenoxy) is 1. The second kappa shape index (κ2) is 13.8. The fourth-order valence-corrected chi connectivity index (χ4v) is 3.56. The van der Waals surface area contributed by atoms with E-state index in [-0.39, 0.29) is 0 Å². The molecule has 0 aliphatic rings. The maximum atomic E-state index is 11.3. The number of nitrogens with one attached hydrogen (secondary N) is 1. The molecule has 6 nitrogen and oxygen atoms in total. The molecule has 2 rings (SSSR count). The fraction of sp³-hybridized carbons (Fsp3) is 0.480. The van der Waals surface area contributed by atoms with Gasteiger partial charge in [-0.3, -0.25) is 0 Å². The average molecular weight is 458 g/mol. The Balaban J connectivity index is 1.98. The Labute approximate surface area is 197 Å². The summed E-state index contributed by atoms with van der Waals surface area (Å²) in [7, 11) is 1.92. The summed E-state index contributed by atoms with van der Waals surface area (Å²) in [5.74, 6) is -0.170. The highest BCUT2D eigenvalue weighted by Gasteiger charge is 2.18. The number of nitrogens with zero attached hydrogens (tertiary/aromatic N) is 2. The van der Waals surface area contributed by atoms with Gasteiger partial charge >= 0.3 is 5.97 Å². The fourth-order valence-electron chi connectivity index (χ4n) is 3.36. The lowest BCUT2D eigenvalue weighted by Crippen LogP contribution is -2.38. The molecule has 2 N–H and O–H groups in total. The lowest BCUT2D eigenvalue weighted by Gasteiger charge is -2.20. The summed E-state index contributed by atoms with van der Waals surface area (Å²) in [5.41, 5.74) is 2.71. The zero-order chi connectivity index (χ0) is 23.3. The largest absolute Gasteiger partial charge is 0.479 e. The number of unbranched alkanes of at least 4 members (excludes halogenated alkanes) is 4. The molecule has 0 bridgehead atoms. The van der Waals surface area contributed by atoms with Crippen LogP contribution >= 0.6 is 12.2 Å². The van der Waals surface area contributed by atoms with Crippen molar-refractivity contribution in [2.24, 2.45) is 0 Å². The molecule has 7 heteroatoms. The van der Waals surface area contributed by atoms with Crippen LogP contribution in [0.15, 0.2) is 42.5 Å². The van der Waals surface area contributed by atoms with E-state index in [1.54, 1.807) is 6.92 Å². The Morgan fingerprint density at radius 2 is 1.84 bits per heavy atom. The van der Waals surface area contributed by atoms with E-state index in [1.807, 2.05) is 54.4 Å². The van der Waals surface area contributed by atoms with Gasteiger partial charge in [0.05, 0.1) is 5.69 Å². The smallest absolute Gasteiger partial charge is 0.333 e. The van der Waals surface area contributed by atoms with E-state index in [0.717, 1.165) is 35.6 Å². The second-order valence-electron chi connectivity index (χ2n) is 7.77. The standard InChI is InChI=1S/C25H35N3O3S/c1-4-6-7-8-9-17-26-25(32)28(3)23-12-10-11-21(27-23)20-15-13-19(14-16-20)18-22(24(29)30)31-5-2/h10-16,22H,4-9,17-18H2,1-3H3,(H,26,32)(H,29,30). The molecule has 0 amide bonds. The first-order valence-corrected chi connectivity index (χ1v) is 11.8. The molecule has 0 fully saturated rings. The monoisotopic (exact) mass is 457 g/mol. The summed E-state index contributed by atoms with van der Waals surface area (Å²) in [5, 5.41) is 13.3. The number of anilines is 1. The van der Waals surface area contributed by atoms with Crippen molar-refractivity contribution in [2.75, 3.05) is 25.1 Å². The summed E-state index contributed by atoms with van der Waals surface area (Å²) in [6.45, 7) is 5.25. The van der Waals surface area contributed by atoms with Gasteiger partial charge in [0.2, 0.25) is 0 Å². The minimum Gasteiger partial charge on any atom is -0.479 e. The zero-order valence-corrected chi connectivity index (χ0v) is 20.2. The highest BCUT2D eigenvalue weighted by Crippen LogP contribution is 2.21. The van der Waals surface area contributed by atoms with Crippen molar-refractivity contribution in [3.63, 3.8) is 0 Å². The molecule has 32 heavy (non-hydrogen) atoms. The van der Waals surface area contributed by atoms with E-state index >= 15 is 0 Å². The second-order valence-corrected chi connectivity index (χ2v) is 8.16. The number of pyridine rings is 1. The van der Waals surface area contributed by atoms with Gasteiger partial charge in [-0.1, -0.05) is 62.9 Å². The molecule has 1 aromatic heterocycles. The minimum absolute atomic E-state index is 0.331. The van der Waals surface area contributed by atoms with Crippen molar-refractivity contribution in [3.8, 4) is 11.3 Å². The Morgan fingerprint density at radius 1 is 1.12 bits per heavy atom. The quantitative estimate of drug-likeness (QED) is 0.322. The molecule has 0 aliphatic carbocycles. The van der Waals surface area contributed by atoms with E-state index in [2.05, 4.69) is 12.2 Å². The number of aliphatic carboxylic acids is 1. The van der Waals surface area contributed by atoms with Gasteiger partial charge in [-0.25, -0.2) is 9.78 Å². The van der Waals surface area contributed by atoms with Crippen molar-refractivity contribution < 1.29 is 14.6 Å². The van der Waals surface area contributed by atoms with Crippen LogP contribution < -0.4 is 10.2 Å². The van der Waals surface area contributed by atoms with Crippen molar-refractivity contribution in [1.82, 2.24) is 10.3 Å². The molecule has 0 aliphatic heterocycles. The third-order valence-electron chi connectivity index (χ3n) is 5.25. The maximum absolute atomic E-state index is 11.3. The van der Waals surface area contributed by atoms with Gasteiger partial charge in [0.15, 0.2) is 11.2 Å². The maximum Gasteiger partial charge on any atom is 0.333 e. The molecule has 2 aromatic rings. The molecule has 1 unspecified atom stereocenters. The molecular formula is C25H35N3O3S. The third-order valence-corrected chi connectivity index (χ3v) is 5.67. The Hall–Kier alpha value is -2.51. The number of carbonyl (C=O) groups is 1. The van der Waals surface area contributed by atoms with Gasteiger partial charge in [-0.15, -0.1) is 0 Å². The number of carboxylic acids is 1. The first-order valence-electron chi connectivity index (χ1n) is 11.4. The molecule has 1 aromatic carbocycles. The number of thiocarbonyl (C=S) groups is 1. The van der Waals surface area contributed by atoms with Gasteiger partial charge in [0.25, 0.3) is 0 Å². The Bertz CT molecular complexity index is 858. The van der Waals surface area contributed by atoms with Crippen LogP contribution in [0.5, 0.6) is 0 Å². The van der Waals surface area contributed by atoms with Crippen LogP contribution in [0.3, 0.4) is 0 Å². The normalized spacial score (nSPS) is 11.7. The average Bonchev–Trinajstić information content (AvgIpc) is 2.81. The number of carboxylic acid groups (broad SMARTS) is 1. The topological polar surface area (TPSA) is 74.7 Å². The lowest BCUT2D eigenvalue weighted by molar-refractivity contribution is -0.149. The molecule has 1 atom stereocenters. The third kappa shape index (κ3) is 8.20. The molecular weight excluding hydrogens is 422 g/mol. The van der Waals surface area contributed by atoms with E-state index in [4.69, 9.17) is 21.9 Å². The molecule has 0 spiro atoms. The zero-order valence-electron chi connectivity index (χ0n) is 19.3. The van der Waals surface area contributed by atoms with Gasteiger partial charge in [0, 0.05) is 32.2 Å². The van der Waals surface area contributed by atoms with Crippen LogP contribution in [0.1, 0.15) is 51.5 Å². The van der Waals surface area contributed by atoms with Crippen LogP contribution in [0.2, 0.25) is 0 Å². The summed E-state index contributed by atoms with van der Waals surface area (Å²) >= 11 is 5.53. The Morgan fingerprint density at radius 3 is 2.50 bits per heavy atom. The first kappa shape index (κ1) is 25.7. The van der Waals surface area contributed by atoms with Crippen LogP contribution in [-0.4, -0.2) is 47.5 Å². The lowest BCUT2D eigenvalue weighted by atomic mass is 10.0. The summed E-state index contributed by atoms with van der Waals surface area (Å²) in [4.78, 5) is 18.0. The highest BCUT2D eigenvalue weighted by molar-refractivity contribution is 7.80.